The molecule has 1 N–H and O–H groups in total. The number of amides is 1. The number of benzene rings is 2. The Morgan fingerprint density at radius 2 is 1.76 bits per heavy atom. The lowest BCUT2D eigenvalue weighted by Gasteiger charge is -2.30. The molecule has 0 fully saturated rings. The number of rotatable bonds is 7. The van der Waals surface area contributed by atoms with Gasteiger partial charge in [-0.25, -0.2) is 8.42 Å². The summed E-state index contributed by atoms with van der Waals surface area (Å²) in [6.07, 6.45) is 0.904. The normalized spacial score (nSPS) is 15.9. The number of nitrogens with one attached hydrogen (secondary N) is 1. The second-order valence-electron chi connectivity index (χ2n) is 8.60. The van der Waals surface area contributed by atoms with E-state index >= 15 is 0 Å². The van der Waals surface area contributed by atoms with Crippen LogP contribution in [0.5, 0.6) is 0 Å². The molecule has 0 saturated heterocycles. The maximum absolute atomic E-state index is 13.3. The first-order valence-corrected chi connectivity index (χ1v) is 13.3. The third kappa shape index (κ3) is 5.86. The number of aryl methyl sites for hydroxylation is 2. The molecular weight excluding hydrogens is 489 g/mol. The maximum Gasteiger partial charge on any atom is 0.417 e. The van der Waals surface area contributed by atoms with Gasteiger partial charge in [-0.1, -0.05) is 36.7 Å². The number of carbonyl (C=O) groups excluding carboxylic acids is 1. The van der Waals surface area contributed by atoms with E-state index in [0.717, 1.165) is 49.6 Å². The van der Waals surface area contributed by atoms with Gasteiger partial charge in [-0.3, -0.25) is 9.10 Å². The molecule has 0 saturated carbocycles. The second kappa shape index (κ2) is 10.2. The third-order valence-corrected chi connectivity index (χ3v) is 7.67. The SMILES string of the molecule is CC[C@@H](NC(=O)[C@H](C)N(c1ccc(Cl)c(C(F)(F)F)c1)S(C)(=O)=O)c1ccc2c(c1)CCCC2. The topological polar surface area (TPSA) is 66.5 Å². The highest BCUT2D eigenvalue weighted by Gasteiger charge is 2.36. The first-order chi connectivity index (χ1) is 15.8. The molecule has 5 nitrogen and oxygen atoms in total. The molecule has 2 aromatic rings. The lowest BCUT2D eigenvalue weighted by molar-refractivity contribution is -0.137. The summed E-state index contributed by atoms with van der Waals surface area (Å²) in [5.41, 5.74) is 2.01. The van der Waals surface area contributed by atoms with Gasteiger partial charge in [-0.05, 0) is 73.9 Å². The van der Waals surface area contributed by atoms with Crippen molar-refractivity contribution in [3.63, 3.8) is 0 Å². The average molecular weight is 517 g/mol. The zero-order valence-corrected chi connectivity index (χ0v) is 20.8. The first kappa shape index (κ1) is 26.3. The molecule has 3 rings (SSSR count). The summed E-state index contributed by atoms with van der Waals surface area (Å²) < 4.78 is 65.8. The number of halogens is 4. The highest BCUT2D eigenvalue weighted by molar-refractivity contribution is 7.92. The van der Waals surface area contributed by atoms with Crippen LogP contribution in [0.3, 0.4) is 0 Å². The molecule has 1 aliphatic carbocycles. The van der Waals surface area contributed by atoms with Crippen molar-refractivity contribution in [3.8, 4) is 0 Å². The standard InChI is InChI=1S/C24H28ClF3N2O3S/c1-4-22(18-10-9-16-7-5-6-8-17(16)13-18)29-23(31)15(2)30(34(3,32)33)19-11-12-21(25)20(14-19)24(26,27)28/h9-15,22H,4-8H2,1-3H3,(H,29,31)/t15-,22+/m0/s1. The zero-order valence-electron chi connectivity index (χ0n) is 19.2. The molecule has 0 spiro atoms. The minimum Gasteiger partial charge on any atom is -0.347 e. The Balaban J connectivity index is 1.89. The molecule has 34 heavy (non-hydrogen) atoms. The van der Waals surface area contributed by atoms with E-state index in [1.165, 1.54) is 18.1 Å². The fraction of sp³-hybridized carbons (Fsp3) is 0.458. The van der Waals surface area contributed by atoms with Crippen molar-refractivity contribution >= 4 is 33.2 Å². The molecule has 0 heterocycles. The summed E-state index contributed by atoms with van der Waals surface area (Å²) in [6.45, 7) is 3.25. The number of alkyl halides is 3. The Labute approximate surface area is 203 Å². The molecule has 10 heteroatoms. The highest BCUT2D eigenvalue weighted by Crippen LogP contribution is 2.38. The van der Waals surface area contributed by atoms with Crippen molar-refractivity contribution in [2.75, 3.05) is 10.6 Å². The predicted octanol–water partition coefficient (Wildman–Crippen LogP) is 5.66. The molecule has 2 aromatic carbocycles. The van der Waals surface area contributed by atoms with Crippen molar-refractivity contribution in [1.29, 1.82) is 0 Å². The second-order valence-corrected chi connectivity index (χ2v) is 10.9. The van der Waals surface area contributed by atoms with Crippen molar-refractivity contribution in [1.82, 2.24) is 5.32 Å². The lowest BCUT2D eigenvalue weighted by Crippen LogP contribution is -2.48. The summed E-state index contributed by atoms with van der Waals surface area (Å²) in [4.78, 5) is 13.1. The third-order valence-electron chi connectivity index (χ3n) is 6.10. The lowest BCUT2D eigenvalue weighted by atomic mass is 9.88. The van der Waals surface area contributed by atoms with Gasteiger partial charge in [0.15, 0.2) is 0 Å². The number of hydrogen-bond acceptors (Lipinski definition) is 3. The summed E-state index contributed by atoms with van der Waals surface area (Å²) >= 11 is 5.68. The van der Waals surface area contributed by atoms with Crippen molar-refractivity contribution in [2.45, 2.75) is 64.2 Å². The van der Waals surface area contributed by atoms with Crippen LogP contribution in [-0.2, 0) is 33.8 Å². The Morgan fingerprint density at radius 1 is 1.12 bits per heavy atom. The van der Waals surface area contributed by atoms with E-state index in [9.17, 15) is 26.4 Å². The summed E-state index contributed by atoms with van der Waals surface area (Å²) in [7, 11) is -4.09. The van der Waals surface area contributed by atoms with E-state index in [0.29, 0.717) is 16.8 Å². The fourth-order valence-electron chi connectivity index (χ4n) is 4.36. The predicted molar refractivity (Wildman–Crippen MR) is 127 cm³/mol. The van der Waals surface area contributed by atoms with Crippen molar-refractivity contribution in [2.24, 2.45) is 0 Å². The molecule has 0 aromatic heterocycles. The number of sulfonamides is 1. The average Bonchev–Trinajstić information content (AvgIpc) is 2.76. The molecule has 0 unspecified atom stereocenters. The molecule has 2 atom stereocenters. The van der Waals surface area contributed by atoms with Crippen LogP contribution in [0.1, 0.15) is 61.4 Å². The molecule has 0 aliphatic heterocycles. The van der Waals surface area contributed by atoms with Crippen LogP contribution in [0.2, 0.25) is 5.02 Å². The molecule has 0 radical (unpaired) electrons. The quantitative estimate of drug-likeness (QED) is 0.516. The summed E-state index contributed by atoms with van der Waals surface area (Å²) in [5, 5.41) is 2.32. The van der Waals surface area contributed by atoms with E-state index < -0.39 is 38.7 Å². The molecular formula is C24H28ClF3N2O3S. The minimum atomic E-state index is -4.78. The molecule has 1 amide bonds. The van der Waals surface area contributed by atoms with Gasteiger partial charge < -0.3 is 5.32 Å². The maximum atomic E-state index is 13.3. The number of hydrogen-bond donors (Lipinski definition) is 1. The zero-order chi connectivity index (χ0) is 25.3. The van der Waals surface area contributed by atoms with Gasteiger partial charge in [0.1, 0.15) is 6.04 Å². The molecule has 0 bridgehead atoms. The number of anilines is 1. The van der Waals surface area contributed by atoms with Gasteiger partial charge in [0.05, 0.1) is 28.6 Å². The van der Waals surface area contributed by atoms with Crippen molar-refractivity contribution in [3.05, 3.63) is 63.7 Å². The van der Waals surface area contributed by atoms with Crippen LogP contribution in [-0.4, -0.2) is 26.6 Å². The molecule has 1 aliphatic rings. The van der Waals surface area contributed by atoms with Crippen LogP contribution in [0.25, 0.3) is 0 Å². The van der Waals surface area contributed by atoms with Gasteiger partial charge in [-0.2, -0.15) is 13.2 Å². The Bertz CT molecular complexity index is 1170. The van der Waals surface area contributed by atoms with Crippen LogP contribution in [0, 0.1) is 0 Å². The summed E-state index contributed by atoms with van der Waals surface area (Å²) in [5.74, 6) is -0.612. The van der Waals surface area contributed by atoms with Gasteiger partial charge in [-0.15, -0.1) is 0 Å². The Kier molecular flexibility index (Phi) is 7.87. The van der Waals surface area contributed by atoms with Gasteiger partial charge in [0.25, 0.3) is 0 Å². The van der Waals surface area contributed by atoms with Crippen LogP contribution in [0.4, 0.5) is 18.9 Å². The van der Waals surface area contributed by atoms with Gasteiger partial charge in [0, 0.05) is 0 Å². The molecule has 186 valence electrons. The van der Waals surface area contributed by atoms with E-state index in [2.05, 4.69) is 17.4 Å². The first-order valence-electron chi connectivity index (χ1n) is 11.1. The van der Waals surface area contributed by atoms with E-state index in [1.54, 1.807) is 0 Å². The van der Waals surface area contributed by atoms with Crippen molar-refractivity contribution < 1.29 is 26.4 Å². The highest BCUT2D eigenvalue weighted by atomic mass is 35.5. The van der Waals surface area contributed by atoms with E-state index in [-0.39, 0.29) is 11.7 Å². The van der Waals surface area contributed by atoms with E-state index in [1.807, 2.05) is 13.0 Å². The monoisotopic (exact) mass is 516 g/mol. The minimum absolute atomic E-state index is 0.288. The van der Waals surface area contributed by atoms with Crippen LogP contribution < -0.4 is 9.62 Å². The number of nitrogens with zero attached hydrogens (tertiary/aromatic N) is 1. The Hall–Kier alpha value is -2.26. The fourth-order valence-corrected chi connectivity index (χ4v) is 5.75. The number of fused-ring (bicyclic) bond motifs is 1. The number of carbonyl (C=O) groups is 1. The summed E-state index contributed by atoms with van der Waals surface area (Å²) in [6, 6.07) is 7.24. The van der Waals surface area contributed by atoms with Crippen LogP contribution in [0.15, 0.2) is 36.4 Å². The van der Waals surface area contributed by atoms with Gasteiger partial charge in [0.2, 0.25) is 15.9 Å². The Morgan fingerprint density at radius 3 is 2.35 bits per heavy atom. The van der Waals surface area contributed by atoms with Crippen LogP contribution >= 0.6 is 11.6 Å². The van der Waals surface area contributed by atoms with E-state index in [4.69, 9.17) is 11.6 Å². The smallest absolute Gasteiger partial charge is 0.347 e. The largest absolute Gasteiger partial charge is 0.417 e. The van der Waals surface area contributed by atoms with Gasteiger partial charge >= 0.3 is 6.18 Å².